The molecule has 15 heavy (non-hydrogen) atoms. The fraction of sp³-hybridized carbons (Fsp3) is 0.727. The van der Waals surface area contributed by atoms with Crippen molar-refractivity contribution in [1.29, 1.82) is 0 Å². The number of rotatable bonds is 3. The van der Waals surface area contributed by atoms with Crippen molar-refractivity contribution < 1.29 is 4.42 Å². The van der Waals surface area contributed by atoms with Crippen molar-refractivity contribution in [2.45, 2.75) is 25.3 Å². The molecule has 2 rings (SSSR count). The third kappa shape index (κ3) is 2.21. The van der Waals surface area contributed by atoms with Crippen molar-refractivity contribution in [3.63, 3.8) is 0 Å². The zero-order valence-corrected chi connectivity index (χ0v) is 9.66. The summed E-state index contributed by atoms with van der Waals surface area (Å²) in [7, 11) is 4.07. The van der Waals surface area contributed by atoms with Crippen LogP contribution in [0.4, 0.5) is 0 Å². The zero-order chi connectivity index (χ0) is 10.8. The third-order valence-corrected chi connectivity index (χ3v) is 3.16. The van der Waals surface area contributed by atoms with E-state index in [1.54, 1.807) is 6.26 Å². The van der Waals surface area contributed by atoms with E-state index in [2.05, 4.69) is 29.2 Å². The molecule has 1 aromatic rings. The van der Waals surface area contributed by atoms with Gasteiger partial charge >= 0.3 is 0 Å². The molecule has 0 spiro atoms. The van der Waals surface area contributed by atoms with Gasteiger partial charge in [0.1, 0.15) is 6.26 Å². The highest BCUT2D eigenvalue weighted by atomic mass is 16.3. The molecule has 1 saturated heterocycles. The molecule has 2 unspecified atom stereocenters. The first-order valence-corrected chi connectivity index (χ1v) is 5.52. The molecule has 1 aromatic heterocycles. The predicted octanol–water partition coefficient (Wildman–Crippen LogP) is 1.37. The highest BCUT2D eigenvalue weighted by Gasteiger charge is 2.25. The molecular weight excluding hydrogens is 190 g/mol. The lowest BCUT2D eigenvalue weighted by atomic mass is 10.1. The molecule has 1 aliphatic rings. The van der Waals surface area contributed by atoms with E-state index in [9.17, 15) is 0 Å². The second-order valence-corrected chi connectivity index (χ2v) is 4.37. The molecule has 0 bridgehead atoms. The van der Waals surface area contributed by atoms with E-state index in [1.807, 2.05) is 7.05 Å². The molecule has 0 radical (unpaired) electrons. The number of likely N-dealkylation sites (tertiary alicyclic amines) is 1. The van der Waals surface area contributed by atoms with Crippen LogP contribution in [-0.4, -0.2) is 37.1 Å². The molecule has 0 aliphatic carbocycles. The lowest BCUT2D eigenvalue weighted by Crippen LogP contribution is -2.14. The smallest absolute Gasteiger partial charge is 0.198 e. The van der Waals surface area contributed by atoms with Crippen LogP contribution in [-0.2, 0) is 0 Å². The topological polar surface area (TPSA) is 41.3 Å². The fourth-order valence-corrected chi connectivity index (χ4v) is 1.97. The lowest BCUT2D eigenvalue weighted by molar-refractivity contribution is 0.392. The van der Waals surface area contributed by atoms with E-state index >= 15 is 0 Å². The van der Waals surface area contributed by atoms with Crippen LogP contribution in [0.2, 0.25) is 0 Å². The minimum Gasteiger partial charge on any atom is -0.448 e. The van der Waals surface area contributed by atoms with Crippen LogP contribution in [0, 0.1) is 0 Å². The van der Waals surface area contributed by atoms with Crippen LogP contribution in [0.25, 0.3) is 0 Å². The van der Waals surface area contributed by atoms with Crippen LogP contribution < -0.4 is 5.32 Å². The maximum atomic E-state index is 5.54. The summed E-state index contributed by atoms with van der Waals surface area (Å²) in [4.78, 5) is 6.86. The Morgan fingerprint density at radius 3 is 3.07 bits per heavy atom. The van der Waals surface area contributed by atoms with Crippen molar-refractivity contribution in [2.75, 3.05) is 27.2 Å². The summed E-state index contributed by atoms with van der Waals surface area (Å²) >= 11 is 0. The van der Waals surface area contributed by atoms with Crippen molar-refractivity contribution in [1.82, 2.24) is 15.2 Å². The van der Waals surface area contributed by atoms with Gasteiger partial charge < -0.3 is 14.6 Å². The van der Waals surface area contributed by atoms with Gasteiger partial charge in [0.15, 0.2) is 5.89 Å². The molecule has 2 heterocycles. The van der Waals surface area contributed by atoms with Crippen LogP contribution in [0.5, 0.6) is 0 Å². The number of hydrogen-bond acceptors (Lipinski definition) is 4. The molecule has 1 fully saturated rings. The Morgan fingerprint density at radius 1 is 1.67 bits per heavy atom. The fourth-order valence-electron chi connectivity index (χ4n) is 1.97. The Kier molecular flexibility index (Phi) is 3.07. The molecule has 4 nitrogen and oxygen atoms in total. The molecule has 1 aliphatic heterocycles. The number of aromatic nitrogens is 1. The molecule has 1 N–H and O–H groups in total. The quantitative estimate of drug-likeness (QED) is 0.816. The monoisotopic (exact) mass is 209 g/mol. The maximum absolute atomic E-state index is 5.54. The number of hydrogen-bond donors (Lipinski definition) is 1. The van der Waals surface area contributed by atoms with Gasteiger partial charge in [-0.25, -0.2) is 4.98 Å². The molecule has 0 aromatic carbocycles. The minimum absolute atomic E-state index is 0.265. The Balaban J connectivity index is 2.07. The van der Waals surface area contributed by atoms with Crippen molar-refractivity contribution in [3.8, 4) is 0 Å². The maximum Gasteiger partial charge on any atom is 0.198 e. The van der Waals surface area contributed by atoms with Gasteiger partial charge in [0.25, 0.3) is 0 Å². The van der Waals surface area contributed by atoms with E-state index in [-0.39, 0.29) is 6.04 Å². The van der Waals surface area contributed by atoms with Crippen LogP contribution in [0.1, 0.15) is 36.9 Å². The molecule has 0 amide bonds. The molecular formula is C11H19N3O. The number of oxazole rings is 1. The minimum atomic E-state index is 0.265. The first-order valence-electron chi connectivity index (χ1n) is 5.52. The summed E-state index contributed by atoms with van der Waals surface area (Å²) < 4.78 is 5.54. The number of nitrogens with one attached hydrogen (secondary N) is 1. The highest BCUT2D eigenvalue weighted by molar-refractivity contribution is 5.06. The van der Waals surface area contributed by atoms with Gasteiger partial charge in [0.2, 0.25) is 0 Å². The van der Waals surface area contributed by atoms with E-state index in [1.165, 1.54) is 0 Å². The van der Waals surface area contributed by atoms with Crippen LogP contribution in [0.3, 0.4) is 0 Å². The van der Waals surface area contributed by atoms with Crippen molar-refractivity contribution in [2.24, 2.45) is 0 Å². The molecule has 0 saturated carbocycles. The van der Waals surface area contributed by atoms with Crippen LogP contribution >= 0.6 is 0 Å². The Morgan fingerprint density at radius 2 is 2.47 bits per heavy atom. The molecule has 4 heteroatoms. The van der Waals surface area contributed by atoms with E-state index in [4.69, 9.17) is 4.42 Å². The van der Waals surface area contributed by atoms with Crippen molar-refractivity contribution in [3.05, 3.63) is 17.8 Å². The first kappa shape index (κ1) is 10.6. The summed E-state index contributed by atoms with van der Waals surface area (Å²) in [6.07, 6.45) is 2.93. The van der Waals surface area contributed by atoms with Gasteiger partial charge in [-0.3, -0.25) is 0 Å². The standard InChI is InChI=1S/C11H19N3O/c1-8(12-2)10-7-15-11(13-10)9-4-5-14(3)6-9/h7-9,12H,4-6H2,1-3H3. The zero-order valence-electron chi connectivity index (χ0n) is 9.66. The summed E-state index contributed by atoms with van der Waals surface area (Å²) in [6, 6.07) is 0.265. The Hall–Kier alpha value is -0.870. The van der Waals surface area contributed by atoms with Gasteiger partial charge in [0.05, 0.1) is 5.69 Å². The third-order valence-electron chi connectivity index (χ3n) is 3.16. The van der Waals surface area contributed by atoms with Gasteiger partial charge in [-0.15, -0.1) is 0 Å². The van der Waals surface area contributed by atoms with Crippen molar-refractivity contribution >= 4 is 0 Å². The first-order chi connectivity index (χ1) is 7.20. The second kappa shape index (κ2) is 4.33. The largest absolute Gasteiger partial charge is 0.448 e. The summed E-state index contributed by atoms with van der Waals surface area (Å²) in [5.41, 5.74) is 1.00. The average molecular weight is 209 g/mol. The van der Waals surface area contributed by atoms with E-state index in [0.717, 1.165) is 31.1 Å². The Labute approximate surface area is 90.7 Å². The van der Waals surface area contributed by atoms with E-state index < -0.39 is 0 Å². The SMILES string of the molecule is CNC(C)c1coc(C2CCN(C)C2)n1. The lowest BCUT2D eigenvalue weighted by Gasteiger charge is -2.06. The van der Waals surface area contributed by atoms with Crippen LogP contribution in [0.15, 0.2) is 10.7 Å². The number of nitrogens with zero attached hydrogens (tertiary/aromatic N) is 2. The van der Waals surface area contributed by atoms with Gasteiger partial charge in [-0.2, -0.15) is 0 Å². The Bertz CT molecular complexity index is 323. The number of likely N-dealkylation sites (N-methyl/N-ethyl adjacent to an activating group) is 1. The second-order valence-electron chi connectivity index (χ2n) is 4.37. The average Bonchev–Trinajstić information content (AvgIpc) is 2.84. The molecule has 84 valence electrons. The van der Waals surface area contributed by atoms with Gasteiger partial charge in [0, 0.05) is 18.5 Å². The summed E-state index contributed by atoms with van der Waals surface area (Å²) in [5.74, 6) is 1.38. The summed E-state index contributed by atoms with van der Waals surface area (Å²) in [6.45, 7) is 4.29. The highest BCUT2D eigenvalue weighted by Crippen LogP contribution is 2.26. The van der Waals surface area contributed by atoms with Gasteiger partial charge in [-0.05, 0) is 34.0 Å². The molecule has 2 atom stereocenters. The predicted molar refractivity (Wildman–Crippen MR) is 58.8 cm³/mol. The van der Waals surface area contributed by atoms with E-state index in [0.29, 0.717) is 5.92 Å². The normalized spacial score (nSPS) is 24.6. The van der Waals surface area contributed by atoms with Gasteiger partial charge in [-0.1, -0.05) is 0 Å². The summed E-state index contributed by atoms with van der Waals surface area (Å²) in [5, 5.41) is 3.16.